The zero-order valence-corrected chi connectivity index (χ0v) is 11.1. The number of hydrogen-bond acceptors (Lipinski definition) is 6. The van der Waals surface area contributed by atoms with E-state index in [1.54, 1.807) is 13.2 Å². The number of aliphatic hydroxyl groups is 1. The summed E-state index contributed by atoms with van der Waals surface area (Å²) in [4.78, 5) is 8.38. The second kappa shape index (κ2) is 8.14. The first kappa shape index (κ1) is 14.1. The Morgan fingerprint density at radius 3 is 2.94 bits per heavy atom. The van der Waals surface area contributed by atoms with Crippen molar-refractivity contribution in [2.24, 2.45) is 0 Å². The van der Waals surface area contributed by atoms with Gasteiger partial charge in [-0.25, -0.2) is 4.98 Å². The lowest BCUT2D eigenvalue weighted by Crippen LogP contribution is -2.07. The lowest BCUT2D eigenvalue weighted by Gasteiger charge is -2.07. The molecule has 17 heavy (non-hydrogen) atoms. The number of anilines is 1. The highest BCUT2D eigenvalue weighted by Crippen LogP contribution is 2.12. The molecule has 0 aromatic carbocycles. The molecule has 1 heterocycles. The van der Waals surface area contributed by atoms with E-state index in [1.807, 2.05) is 18.7 Å². The zero-order valence-electron chi connectivity index (χ0n) is 10.3. The van der Waals surface area contributed by atoms with Gasteiger partial charge >= 0.3 is 0 Å². The van der Waals surface area contributed by atoms with E-state index in [4.69, 9.17) is 9.84 Å². The van der Waals surface area contributed by atoms with Crippen LogP contribution in [0.3, 0.4) is 0 Å². The van der Waals surface area contributed by atoms with Crippen molar-refractivity contribution in [1.82, 2.24) is 9.97 Å². The summed E-state index contributed by atoms with van der Waals surface area (Å²) in [6.45, 7) is 2.95. The molecule has 6 heteroatoms. The molecule has 0 unspecified atom stereocenters. The van der Waals surface area contributed by atoms with Gasteiger partial charge in [0.15, 0.2) is 0 Å². The first-order valence-electron chi connectivity index (χ1n) is 5.58. The molecule has 1 rings (SSSR count). The lowest BCUT2D eigenvalue weighted by molar-refractivity contribution is 0.296. The van der Waals surface area contributed by atoms with E-state index in [0.717, 1.165) is 30.3 Å². The van der Waals surface area contributed by atoms with E-state index < -0.39 is 0 Å². The van der Waals surface area contributed by atoms with Crippen molar-refractivity contribution in [1.29, 1.82) is 0 Å². The zero-order chi connectivity index (χ0) is 12.5. The normalized spacial score (nSPS) is 10.3. The summed E-state index contributed by atoms with van der Waals surface area (Å²) in [5.74, 6) is 4.04. The van der Waals surface area contributed by atoms with Crippen molar-refractivity contribution in [2.45, 2.75) is 13.3 Å². The van der Waals surface area contributed by atoms with E-state index in [-0.39, 0.29) is 6.61 Å². The van der Waals surface area contributed by atoms with Crippen LogP contribution in [0.2, 0.25) is 0 Å². The van der Waals surface area contributed by atoms with Crippen molar-refractivity contribution in [3.8, 4) is 5.88 Å². The van der Waals surface area contributed by atoms with Crippen LogP contribution in [0.4, 0.5) is 5.82 Å². The maximum Gasteiger partial charge on any atom is 0.218 e. The number of ether oxygens (including phenoxy) is 1. The minimum atomic E-state index is 0.267. The topological polar surface area (TPSA) is 67.3 Å². The summed E-state index contributed by atoms with van der Waals surface area (Å²) in [7, 11) is 1.59. The molecule has 0 saturated heterocycles. The first-order valence-corrected chi connectivity index (χ1v) is 6.74. The minimum Gasteiger partial charge on any atom is -0.481 e. The SMILES string of the molecule is COc1cc(NCCSCCCO)nc(C)n1. The van der Waals surface area contributed by atoms with E-state index >= 15 is 0 Å². The molecule has 5 nitrogen and oxygen atoms in total. The molecule has 2 N–H and O–H groups in total. The van der Waals surface area contributed by atoms with Crippen LogP contribution in [-0.2, 0) is 0 Å². The Morgan fingerprint density at radius 2 is 2.24 bits per heavy atom. The van der Waals surface area contributed by atoms with E-state index in [9.17, 15) is 0 Å². The predicted octanol–water partition coefficient (Wildman–Crippen LogP) is 1.32. The molecule has 1 aromatic heterocycles. The second-order valence-electron chi connectivity index (χ2n) is 3.46. The number of aryl methyl sites for hydroxylation is 1. The summed E-state index contributed by atoms with van der Waals surface area (Å²) in [5.41, 5.74) is 0. The quantitative estimate of drug-likeness (QED) is 0.685. The van der Waals surface area contributed by atoms with Crippen LogP contribution >= 0.6 is 11.8 Å². The Labute approximate surface area is 106 Å². The summed E-state index contributed by atoms with van der Waals surface area (Å²) in [6, 6.07) is 1.78. The fourth-order valence-corrected chi connectivity index (χ4v) is 2.04. The van der Waals surface area contributed by atoms with Crippen molar-refractivity contribution >= 4 is 17.6 Å². The van der Waals surface area contributed by atoms with Crippen molar-refractivity contribution in [3.63, 3.8) is 0 Å². The molecule has 0 spiro atoms. The monoisotopic (exact) mass is 257 g/mol. The van der Waals surface area contributed by atoms with Gasteiger partial charge in [-0.15, -0.1) is 0 Å². The van der Waals surface area contributed by atoms with Gasteiger partial charge in [0.2, 0.25) is 5.88 Å². The van der Waals surface area contributed by atoms with Crippen molar-refractivity contribution in [2.75, 3.05) is 37.1 Å². The number of methoxy groups -OCH3 is 1. The minimum absolute atomic E-state index is 0.267. The maximum atomic E-state index is 8.63. The molecule has 0 saturated carbocycles. The standard InChI is InChI=1S/C11H19N3O2S/c1-9-13-10(8-11(14-9)16-2)12-4-7-17-6-3-5-15/h8,15H,3-7H2,1-2H3,(H,12,13,14). The highest BCUT2D eigenvalue weighted by Gasteiger charge is 2.00. The molecule has 0 aliphatic carbocycles. The highest BCUT2D eigenvalue weighted by atomic mass is 32.2. The molecular formula is C11H19N3O2S. The number of thioether (sulfide) groups is 1. The van der Waals surface area contributed by atoms with Gasteiger partial charge in [0.1, 0.15) is 11.6 Å². The third-order valence-corrected chi connectivity index (χ3v) is 3.09. The number of aliphatic hydroxyl groups excluding tert-OH is 1. The Morgan fingerprint density at radius 1 is 1.41 bits per heavy atom. The number of nitrogens with one attached hydrogen (secondary N) is 1. The Kier molecular flexibility index (Phi) is 6.73. The smallest absolute Gasteiger partial charge is 0.218 e. The van der Waals surface area contributed by atoms with Crippen LogP contribution in [0.1, 0.15) is 12.2 Å². The molecule has 96 valence electrons. The Bertz CT molecular complexity index is 336. The third kappa shape index (κ3) is 5.74. The molecule has 0 amide bonds. The van der Waals surface area contributed by atoms with Gasteiger partial charge in [-0.1, -0.05) is 0 Å². The number of nitrogens with zero attached hydrogens (tertiary/aromatic N) is 2. The van der Waals surface area contributed by atoms with Gasteiger partial charge in [0.25, 0.3) is 0 Å². The maximum absolute atomic E-state index is 8.63. The van der Waals surface area contributed by atoms with Crippen LogP contribution < -0.4 is 10.1 Å². The summed E-state index contributed by atoms with van der Waals surface area (Å²) < 4.78 is 5.07. The van der Waals surface area contributed by atoms with Crippen LogP contribution in [0, 0.1) is 6.92 Å². The van der Waals surface area contributed by atoms with Crippen LogP contribution in [0.5, 0.6) is 5.88 Å². The molecule has 0 bridgehead atoms. The van der Waals surface area contributed by atoms with Gasteiger partial charge in [-0.2, -0.15) is 16.7 Å². The third-order valence-electron chi connectivity index (χ3n) is 2.02. The predicted molar refractivity (Wildman–Crippen MR) is 70.8 cm³/mol. The largest absolute Gasteiger partial charge is 0.481 e. The highest BCUT2D eigenvalue weighted by molar-refractivity contribution is 7.99. The van der Waals surface area contributed by atoms with Gasteiger partial charge in [-0.3, -0.25) is 0 Å². The molecule has 0 aliphatic rings. The fraction of sp³-hybridized carbons (Fsp3) is 0.636. The van der Waals surface area contributed by atoms with Gasteiger partial charge in [-0.05, 0) is 19.1 Å². The Balaban J connectivity index is 2.28. The fourth-order valence-electron chi connectivity index (χ4n) is 1.26. The average molecular weight is 257 g/mol. The van der Waals surface area contributed by atoms with E-state index in [2.05, 4.69) is 15.3 Å². The van der Waals surface area contributed by atoms with Gasteiger partial charge in [0.05, 0.1) is 7.11 Å². The van der Waals surface area contributed by atoms with Crippen LogP contribution in [0.15, 0.2) is 6.07 Å². The van der Waals surface area contributed by atoms with E-state index in [0.29, 0.717) is 11.7 Å². The molecule has 0 atom stereocenters. The first-order chi connectivity index (χ1) is 8.26. The summed E-state index contributed by atoms with van der Waals surface area (Å²) in [6.07, 6.45) is 0.852. The molecule has 1 aromatic rings. The summed E-state index contributed by atoms with van der Waals surface area (Å²) in [5, 5.41) is 11.9. The second-order valence-corrected chi connectivity index (χ2v) is 4.68. The lowest BCUT2D eigenvalue weighted by atomic mass is 10.5. The summed E-state index contributed by atoms with van der Waals surface area (Å²) >= 11 is 1.81. The van der Waals surface area contributed by atoms with Gasteiger partial charge < -0.3 is 15.2 Å². The van der Waals surface area contributed by atoms with Gasteiger partial charge in [0, 0.05) is 25.0 Å². The number of hydrogen-bond donors (Lipinski definition) is 2. The van der Waals surface area contributed by atoms with Crippen LogP contribution in [-0.4, -0.2) is 46.8 Å². The van der Waals surface area contributed by atoms with Crippen LogP contribution in [0.25, 0.3) is 0 Å². The Hall–Kier alpha value is -1.01. The number of rotatable bonds is 8. The molecule has 0 radical (unpaired) electrons. The number of aromatic nitrogens is 2. The van der Waals surface area contributed by atoms with E-state index in [1.165, 1.54) is 0 Å². The molecular weight excluding hydrogens is 238 g/mol. The molecule has 0 fully saturated rings. The average Bonchev–Trinajstić information content (AvgIpc) is 2.33. The van der Waals surface area contributed by atoms with Crippen molar-refractivity contribution in [3.05, 3.63) is 11.9 Å². The van der Waals surface area contributed by atoms with Crippen molar-refractivity contribution < 1.29 is 9.84 Å². The molecule has 0 aliphatic heterocycles.